The van der Waals surface area contributed by atoms with Crippen molar-refractivity contribution >= 4 is 8.53 Å². The molecule has 0 radical (unpaired) electrons. The van der Waals surface area contributed by atoms with Crippen LogP contribution in [0.25, 0.3) is 0 Å². The third-order valence-electron chi connectivity index (χ3n) is 8.99. The number of aryl methyl sites for hydroxylation is 1. The van der Waals surface area contributed by atoms with Crippen molar-refractivity contribution in [3.8, 4) is 17.6 Å². The van der Waals surface area contributed by atoms with Crippen LogP contribution in [0.4, 0.5) is 0 Å². The number of nitrogens with zero attached hydrogens (tertiary/aromatic N) is 4. The monoisotopic (exact) mass is 745 g/mol. The average Bonchev–Trinajstić information content (AvgIpc) is 3.56. The van der Waals surface area contributed by atoms with Gasteiger partial charge in [0.2, 0.25) is 0 Å². The number of benzene rings is 3. The summed E-state index contributed by atoms with van der Waals surface area (Å²) >= 11 is 0. The van der Waals surface area contributed by atoms with Gasteiger partial charge in [-0.15, -0.1) is 0 Å². The molecule has 1 aliphatic rings. The molecule has 1 aromatic heterocycles. The lowest BCUT2D eigenvalue weighted by molar-refractivity contribution is -0.0950. The first kappa shape index (κ1) is 39.8. The van der Waals surface area contributed by atoms with Gasteiger partial charge in [0, 0.05) is 18.5 Å². The zero-order valence-electron chi connectivity index (χ0n) is 31.2. The highest BCUT2D eigenvalue weighted by molar-refractivity contribution is 7.44. The van der Waals surface area contributed by atoms with Gasteiger partial charge in [0.25, 0.3) is 14.1 Å². The predicted molar refractivity (Wildman–Crippen MR) is 201 cm³/mol. The van der Waals surface area contributed by atoms with Gasteiger partial charge in [-0.1, -0.05) is 54.6 Å². The number of aromatic nitrogens is 3. The molecule has 53 heavy (non-hydrogen) atoms. The fourth-order valence-corrected chi connectivity index (χ4v) is 8.25. The summed E-state index contributed by atoms with van der Waals surface area (Å²) < 4.78 is 41.2. The first-order chi connectivity index (χ1) is 25.5. The highest BCUT2D eigenvalue weighted by Crippen LogP contribution is 2.50. The number of hydrogen-bond donors (Lipinski definition) is 1. The second kappa shape index (κ2) is 18.1. The lowest BCUT2D eigenvalue weighted by Crippen LogP contribution is -2.40. The van der Waals surface area contributed by atoms with Gasteiger partial charge >= 0.3 is 5.69 Å². The highest BCUT2D eigenvalue weighted by atomic mass is 31.2. The quantitative estimate of drug-likeness (QED) is 0.0746. The smallest absolute Gasteiger partial charge is 0.347 e. The van der Waals surface area contributed by atoms with E-state index < -0.39 is 43.8 Å². The molecule has 1 fully saturated rings. The van der Waals surface area contributed by atoms with Gasteiger partial charge < -0.3 is 28.0 Å². The van der Waals surface area contributed by atoms with Crippen molar-refractivity contribution in [1.29, 1.82) is 5.26 Å². The molecule has 0 spiro atoms. The Morgan fingerprint density at radius 3 is 2.04 bits per heavy atom. The highest BCUT2D eigenvalue weighted by Gasteiger charge is 2.45. The molecule has 4 aromatic rings. The van der Waals surface area contributed by atoms with Crippen LogP contribution in [-0.4, -0.2) is 71.2 Å². The predicted octanol–water partition coefficient (Wildman–Crippen LogP) is 6.21. The van der Waals surface area contributed by atoms with E-state index in [4.69, 9.17) is 28.0 Å². The summed E-state index contributed by atoms with van der Waals surface area (Å²) in [5, 5.41) is 13.6. The molecule has 1 aliphatic heterocycles. The van der Waals surface area contributed by atoms with Crippen molar-refractivity contribution in [2.24, 2.45) is 0 Å². The van der Waals surface area contributed by atoms with E-state index in [2.05, 4.69) is 48.5 Å². The maximum absolute atomic E-state index is 13.1. The lowest BCUT2D eigenvalue weighted by Gasteiger charge is -2.39. The maximum Gasteiger partial charge on any atom is 0.347 e. The van der Waals surface area contributed by atoms with Gasteiger partial charge in [-0.05, 0) is 75.6 Å². The van der Waals surface area contributed by atoms with E-state index in [1.807, 2.05) is 78.9 Å². The van der Waals surface area contributed by atoms with Crippen molar-refractivity contribution in [3.05, 3.63) is 122 Å². The van der Waals surface area contributed by atoms with Gasteiger partial charge in [-0.25, -0.2) is 9.46 Å². The summed E-state index contributed by atoms with van der Waals surface area (Å²) in [5.74, 6) is 1.39. The van der Waals surface area contributed by atoms with Gasteiger partial charge in [0.1, 0.15) is 28.9 Å². The zero-order chi connectivity index (χ0) is 38.1. The van der Waals surface area contributed by atoms with Crippen molar-refractivity contribution in [2.45, 2.75) is 83.6 Å². The average molecular weight is 746 g/mol. The molecule has 2 heterocycles. The van der Waals surface area contributed by atoms with Gasteiger partial charge in [0.05, 0.1) is 46.0 Å². The molecule has 13 nitrogen and oxygen atoms in total. The molecule has 1 N–H and O–H groups in total. The van der Waals surface area contributed by atoms with Crippen LogP contribution < -0.4 is 20.7 Å². The molecule has 1 saturated heterocycles. The minimum Gasteiger partial charge on any atom is -0.497 e. The van der Waals surface area contributed by atoms with Gasteiger partial charge in [-0.3, -0.25) is 9.78 Å². The maximum atomic E-state index is 13.1. The van der Waals surface area contributed by atoms with Crippen LogP contribution in [0.15, 0.2) is 88.5 Å². The molecule has 4 atom stereocenters. The standard InChI is InChI=1S/C39H48N5O8P/c1-26(2)44(27(3)4)53(50-23-11-22-40)52-34-24-36(43-38(46)41-37(45)28(5)42-43)51-35(34)25-49-39(29-12-9-8-10-13-29,30-14-18-32(47-6)19-15-30)31-16-20-33(48-7)21-17-31/h8-10,12-21,26-27,34-36H,11,23-25H2,1-7H3,(H,41,45,46)/t34-,35+,36+,53?/m0/s1. The van der Waals surface area contributed by atoms with Crippen LogP contribution in [0, 0.1) is 18.3 Å². The Morgan fingerprint density at radius 2 is 1.51 bits per heavy atom. The lowest BCUT2D eigenvalue weighted by atomic mass is 9.80. The summed E-state index contributed by atoms with van der Waals surface area (Å²) in [6.07, 6.45) is -1.85. The van der Waals surface area contributed by atoms with Crippen molar-refractivity contribution in [3.63, 3.8) is 0 Å². The van der Waals surface area contributed by atoms with Crippen molar-refractivity contribution in [2.75, 3.05) is 27.4 Å². The number of hydrogen-bond acceptors (Lipinski definition) is 11. The number of nitrogens with one attached hydrogen (secondary N) is 1. The van der Waals surface area contributed by atoms with Crippen LogP contribution in [0.3, 0.4) is 0 Å². The fourth-order valence-electron chi connectivity index (χ4n) is 6.49. The Morgan fingerprint density at radius 1 is 0.943 bits per heavy atom. The van der Waals surface area contributed by atoms with E-state index >= 15 is 0 Å². The van der Waals surface area contributed by atoms with Crippen LogP contribution >= 0.6 is 8.53 Å². The van der Waals surface area contributed by atoms with E-state index in [1.165, 1.54) is 6.92 Å². The van der Waals surface area contributed by atoms with E-state index in [0.29, 0.717) is 11.5 Å². The second-order valence-corrected chi connectivity index (χ2v) is 14.6. The summed E-state index contributed by atoms with van der Waals surface area (Å²) in [4.78, 5) is 27.6. The third-order valence-corrected chi connectivity index (χ3v) is 11.1. The Bertz CT molecular complexity index is 1870. The Labute approximate surface area is 311 Å². The number of aromatic amines is 1. The molecular weight excluding hydrogens is 697 g/mol. The molecule has 3 aromatic carbocycles. The number of H-pyrrole nitrogens is 1. The normalized spacial score (nSPS) is 18.0. The number of methoxy groups -OCH3 is 2. The Kier molecular flexibility index (Phi) is 13.6. The zero-order valence-corrected chi connectivity index (χ0v) is 32.1. The summed E-state index contributed by atoms with van der Waals surface area (Å²) in [5.41, 5.74) is 0.255. The SMILES string of the molecule is COc1ccc(C(OC[C@H]2O[C@@H](n3nc(C)c(=O)[nH]c3=O)C[C@@H]2OP(OCCC#N)N(C(C)C)C(C)C)(c2ccccc2)c2ccc(OC)cc2)cc1. The van der Waals surface area contributed by atoms with Gasteiger partial charge in [-0.2, -0.15) is 15.0 Å². The molecule has 14 heteroatoms. The Hall–Kier alpha value is -4.41. The summed E-state index contributed by atoms with van der Waals surface area (Å²) in [7, 11) is 1.55. The summed E-state index contributed by atoms with van der Waals surface area (Å²) in [6.45, 7) is 9.97. The van der Waals surface area contributed by atoms with E-state index in [9.17, 15) is 14.9 Å². The Balaban J connectivity index is 1.60. The number of rotatable bonds is 17. The van der Waals surface area contributed by atoms with E-state index in [1.54, 1.807) is 14.2 Å². The molecule has 0 amide bonds. The third kappa shape index (κ3) is 9.04. The molecule has 0 aliphatic carbocycles. The summed E-state index contributed by atoms with van der Waals surface area (Å²) in [6, 6.07) is 27.6. The van der Waals surface area contributed by atoms with Gasteiger partial charge in [0.15, 0.2) is 6.23 Å². The minimum absolute atomic E-state index is 0.00985. The molecular formula is C39H48N5O8P. The van der Waals surface area contributed by atoms with Crippen LogP contribution in [-0.2, 0) is 24.1 Å². The van der Waals surface area contributed by atoms with Crippen molar-refractivity contribution < 1.29 is 28.0 Å². The first-order valence-electron chi connectivity index (χ1n) is 17.6. The number of ether oxygens (including phenoxy) is 4. The second-order valence-electron chi connectivity index (χ2n) is 13.2. The molecule has 5 rings (SSSR count). The van der Waals surface area contributed by atoms with E-state index in [-0.39, 0.29) is 43.8 Å². The first-order valence-corrected chi connectivity index (χ1v) is 18.7. The number of nitriles is 1. The molecule has 0 bridgehead atoms. The van der Waals surface area contributed by atoms with Crippen molar-refractivity contribution in [1.82, 2.24) is 19.4 Å². The van der Waals surface area contributed by atoms with E-state index in [0.717, 1.165) is 21.4 Å². The van der Waals surface area contributed by atoms with Crippen LogP contribution in [0.1, 0.15) is 69.1 Å². The van der Waals surface area contributed by atoms with Crippen LogP contribution in [0.2, 0.25) is 0 Å². The molecule has 1 unspecified atom stereocenters. The topological polar surface area (TPSA) is 150 Å². The molecule has 0 saturated carbocycles. The fraction of sp³-hybridized carbons (Fsp3) is 0.436. The van der Waals surface area contributed by atoms with Crippen LogP contribution in [0.5, 0.6) is 11.5 Å². The molecule has 282 valence electrons. The minimum atomic E-state index is -1.69. The largest absolute Gasteiger partial charge is 0.497 e.